The Morgan fingerprint density at radius 3 is 2.54 bits per heavy atom. The molecule has 2 aliphatic heterocycles. The third-order valence-electron chi connectivity index (χ3n) is 4.55. The van der Waals surface area contributed by atoms with Crippen molar-refractivity contribution in [2.45, 2.75) is 12.6 Å². The molecule has 4 rings (SSSR count). The van der Waals surface area contributed by atoms with Crippen molar-refractivity contribution in [3.8, 4) is 5.75 Å². The van der Waals surface area contributed by atoms with Gasteiger partial charge < -0.3 is 9.57 Å². The van der Waals surface area contributed by atoms with E-state index in [-0.39, 0.29) is 18.4 Å². The molecule has 0 spiro atoms. The van der Waals surface area contributed by atoms with E-state index in [2.05, 4.69) is 5.16 Å². The van der Waals surface area contributed by atoms with Crippen LogP contribution in [0.3, 0.4) is 0 Å². The van der Waals surface area contributed by atoms with Gasteiger partial charge in [0.15, 0.2) is 0 Å². The summed E-state index contributed by atoms with van der Waals surface area (Å²) in [6.45, 7) is 0.174. The summed E-state index contributed by atoms with van der Waals surface area (Å²) >= 11 is 6.22. The fourth-order valence-electron chi connectivity index (χ4n) is 3.19. The van der Waals surface area contributed by atoms with Gasteiger partial charge in [0, 0.05) is 10.6 Å². The molecule has 0 aliphatic carbocycles. The Labute approximate surface area is 154 Å². The van der Waals surface area contributed by atoms with Crippen LogP contribution in [-0.4, -0.2) is 35.6 Å². The van der Waals surface area contributed by atoms with Gasteiger partial charge in [0.1, 0.15) is 17.4 Å². The summed E-state index contributed by atoms with van der Waals surface area (Å²) in [5.74, 6) is -0.768. The highest BCUT2D eigenvalue weighted by Crippen LogP contribution is 2.35. The second-order valence-electron chi connectivity index (χ2n) is 6.07. The average molecular weight is 371 g/mol. The number of ether oxygens (including phenoxy) is 1. The Balaban J connectivity index is 1.59. The lowest BCUT2D eigenvalue weighted by Gasteiger charge is -2.15. The fraction of sp³-hybridized carbons (Fsp3) is 0.211. The van der Waals surface area contributed by atoms with Crippen LogP contribution >= 0.6 is 11.6 Å². The highest BCUT2D eigenvalue weighted by Gasteiger charge is 2.55. The third-order valence-corrected chi connectivity index (χ3v) is 4.88. The predicted molar refractivity (Wildman–Crippen MR) is 94.9 cm³/mol. The summed E-state index contributed by atoms with van der Waals surface area (Å²) in [5.41, 5.74) is 1.83. The van der Waals surface area contributed by atoms with Crippen LogP contribution in [0.4, 0.5) is 0 Å². The molecule has 0 aromatic heterocycles. The van der Waals surface area contributed by atoms with E-state index in [4.69, 9.17) is 21.2 Å². The maximum Gasteiger partial charge on any atom is 0.274 e. The molecule has 2 aromatic rings. The molecule has 26 heavy (non-hydrogen) atoms. The molecule has 1 fully saturated rings. The van der Waals surface area contributed by atoms with Crippen LogP contribution in [-0.2, 0) is 21.0 Å². The number of hydrogen-bond acceptors (Lipinski definition) is 5. The number of carbonyl (C=O) groups excluding carboxylic acids is 2. The van der Waals surface area contributed by atoms with E-state index in [1.165, 1.54) is 4.90 Å². The van der Waals surface area contributed by atoms with E-state index in [1.54, 1.807) is 43.5 Å². The van der Waals surface area contributed by atoms with E-state index >= 15 is 0 Å². The molecule has 0 N–H and O–H groups in total. The molecule has 132 valence electrons. The Morgan fingerprint density at radius 1 is 1.12 bits per heavy atom. The van der Waals surface area contributed by atoms with Crippen molar-refractivity contribution >= 4 is 29.1 Å². The summed E-state index contributed by atoms with van der Waals surface area (Å²) in [7, 11) is 1.58. The van der Waals surface area contributed by atoms with Crippen molar-refractivity contribution in [1.29, 1.82) is 0 Å². The molecule has 7 heteroatoms. The van der Waals surface area contributed by atoms with Gasteiger partial charge >= 0.3 is 0 Å². The molecule has 1 saturated heterocycles. The molecule has 6 nitrogen and oxygen atoms in total. The highest BCUT2D eigenvalue weighted by molar-refractivity contribution is 6.36. The van der Waals surface area contributed by atoms with Gasteiger partial charge in [-0.25, -0.2) is 0 Å². The molecular formula is C19H15ClN2O4. The van der Waals surface area contributed by atoms with E-state index in [0.717, 1.165) is 5.56 Å². The Kier molecular flexibility index (Phi) is 4.12. The summed E-state index contributed by atoms with van der Waals surface area (Å²) in [4.78, 5) is 32.0. The number of rotatable bonds is 4. The predicted octanol–water partition coefficient (Wildman–Crippen LogP) is 2.64. The van der Waals surface area contributed by atoms with E-state index in [1.807, 2.05) is 12.1 Å². The quantitative estimate of drug-likeness (QED) is 0.776. The number of benzene rings is 2. The molecule has 0 bridgehead atoms. The first kappa shape index (κ1) is 16.6. The summed E-state index contributed by atoms with van der Waals surface area (Å²) < 4.78 is 5.12. The van der Waals surface area contributed by atoms with Crippen molar-refractivity contribution in [3.05, 3.63) is 64.7 Å². The number of amides is 2. The zero-order valence-electron chi connectivity index (χ0n) is 13.9. The first-order valence-electron chi connectivity index (χ1n) is 8.07. The smallest absolute Gasteiger partial charge is 0.274 e. The van der Waals surface area contributed by atoms with E-state index in [0.29, 0.717) is 22.0 Å². The molecule has 0 saturated carbocycles. The Hall–Kier alpha value is -2.86. The van der Waals surface area contributed by atoms with Crippen molar-refractivity contribution in [2.75, 3.05) is 7.11 Å². The lowest BCUT2D eigenvalue weighted by atomic mass is 9.94. The second-order valence-corrected chi connectivity index (χ2v) is 6.48. The van der Waals surface area contributed by atoms with Crippen LogP contribution in [0.2, 0.25) is 5.02 Å². The van der Waals surface area contributed by atoms with Crippen molar-refractivity contribution in [1.82, 2.24) is 4.90 Å². The molecule has 0 radical (unpaired) electrons. The molecule has 2 aliphatic rings. The summed E-state index contributed by atoms with van der Waals surface area (Å²) in [6.07, 6.45) is -0.924. The number of fused-ring (bicyclic) bond motifs is 1. The number of imide groups is 1. The molecule has 2 aromatic carbocycles. The van der Waals surface area contributed by atoms with Gasteiger partial charge in [-0.3, -0.25) is 14.5 Å². The second kappa shape index (κ2) is 6.46. The van der Waals surface area contributed by atoms with Crippen LogP contribution in [0.15, 0.2) is 53.7 Å². The summed E-state index contributed by atoms with van der Waals surface area (Å²) in [6, 6.07) is 14.3. The lowest BCUT2D eigenvalue weighted by Crippen LogP contribution is -2.32. The van der Waals surface area contributed by atoms with Crippen molar-refractivity contribution in [3.63, 3.8) is 0 Å². The van der Waals surface area contributed by atoms with Crippen LogP contribution in [0, 0.1) is 5.92 Å². The number of halogens is 1. The molecule has 2 atom stereocenters. The number of hydrogen-bond donors (Lipinski definition) is 0. The van der Waals surface area contributed by atoms with E-state index < -0.39 is 12.0 Å². The zero-order valence-corrected chi connectivity index (χ0v) is 14.6. The van der Waals surface area contributed by atoms with Gasteiger partial charge in [0.2, 0.25) is 12.0 Å². The van der Waals surface area contributed by atoms with Crippen LogP contribution in [0.25, 0.3) is 0 Å². The minimum absolute atomic E-state index is 0.174. The first-order chi connectivity index (χ1) is 12.6. The first-order valence-corrected chi connectivity index (χ1v) is 8.44. The Morgan fingerprint density at radius 2 is 1.85 bits per heavy atom. The molecule has 0 unspecified atom stereocenters. The van der Waals surface area contributed by atoms with Gasteiger partial charge in [-0.2, -0.15) is 0 Å². The fourth-order valence-corrected chi connectivity index (χ4v) is 3.43. The lowest BCUT2D eigenvalue weighted by molar-refractivity contribution is -0.142. The number of methoxy groups -OCH3 is 1. The van der Waals surface area contributed by atoms with Crippen LogP contribution < -0.4 is 4.74 Å². The molecular weight excluding hydrogens is 356 g/mol. The van der Waals surface area contributed by atoms with Crippen molar-refractivity contribution < 1.29 is 19.2 Å². The third kappa shape index (κ3) is 2.63. The topological polar surface area (TPSA) is 68.2 Å². The largest absolute Gasteiger partial charge is 0.497 e. The highest BCUT2D eigenvalue weighted by atomic mass is 35.5. The SMILES string of the molecule is COc1ccc(CN2C(=O)[C@@H]3C(c4ccccc4Cl)=NO[C@@H]3C2=O)cc1. The number of carbonyl (C=O) groups is 2. The van der Waals surface area contributed by atoms with Crippen LogP contribution in [0.1, 0.15) is 11.1 Å². The van der Waals surface area contributed by atoms with Crippen molar-refractivity contribution in [2.24, 2.45) is 11.1 Å². The standard InChI is InChI=1S/C19H15ClN2O4/c1-25-12-8-6-11(7-9-12)10-22-18(23)15-16(21-26-17(15)19(22)24)13-4-2-3-5-14(13)20/h2-9,15,17H,10H2,1H3/t15-,17+/m1/s1. The van der Waals surface area contributed by atoms with Gasteiger partial charge in [-0.05, 0) is 23.8 Å². The molecule has 2 heterocycles. The number of nitrogens with zero attached hydrogens (tertiary/aromatic N) is 2. The summed E-state index contributed by atoms with van der Waals surface area (Å²) in [5, 5.41) is 4.43. The van der Waals surface area contributed by atoms with Gasteiger partial charge in [0.05, 0.1) is 13.7 Å². The van der Waals surface area contributed by atoms with Gasteiger partial charge in [-0.15, -0.1) is 0 Å². The van der Waals surface area contributed by atoms with Gasteiger partial charge in [0.25, 0.3) is 5.91 Å². The average Bonchev–Trinajstić information content (AvgIpc) is 3.19. The van der Waals surface area contributed by atoms with Gasteiger partial charge in [-0.1, -0.05) is 47.1 Å². The number of likely N-dealkylation sites (tertiary alicyclic amines) is 1. The minimum atomic E-state index is -0.924. The monoisotopic (exact) mass is 370 g/mol. The zero-order chi connectivity index (χ0) is 18.3. The normalized spacial score (nSPS) is 21.5. The molecule has 2 amide bonds. The maximum absolute atomic E-state index is 12.9. The van der Waals surface area contributed by atoms with E-state index in [9.17, 15) is 9.59 Å². The van der Waals surface area contributed by atoms with Crippen LogP contribution in [0.5, 0.6) is 5.75 Å². The minimum Gasteiger partial charge on any atom is -0.497 e. The maximum atomic E-state index is 12.9. The Bertz CT molecular complexity index is 910. The number of oxime groups is 1.